The summed E-state index contributed by atoms with van der Waals surface area (Å²) < 4.78 is 6.20. The van der Waals surface area contributed by atoms with Gasteiger partial charge in [0.25, 0.3) is 0 Å². The first-order valence-electron chi connectivity index (χ1n) is 5.04. The smallest absolute Gasteiger partial charge is 0.238 e. The van der Waals surface area contributed by atoms with Gasteiger partial charge in [-0.15, -0.1) is 0 Å². The molecule has 0 aliphatic carbocycles. The second kappa shape index (κ2) is 6.13. The fraction of sp³-hybridized carbons (Fsp3) is 0.0909. The summed E-state index contributed by atoms with van der Waals surface area (Å²) in [5, 5.41) is 3.86. The molecule has 0 fully saturated rings. The number of benzene rings is 1. The van der Waals surface area contributed by atoms with Crippen LogP contribution >= 0.6 is 50.7 Å². The van der Waals surface area contributed by atoms with Gasteiger partial charge in [-0.05, 0) is 22.0 Å². The van der Waals surface area contributed by atoms with Crippen LogP contribution in [0.4, 0.5) is 5.95 Å². The molecule has 4 nitrogen and oxygen atoms in total. The van der Waals surface area contributed by atoms with Crippen LogP contribution in [0.5, 0.6) is 11.6 Å². The molecule has 1 aromatic carbocycles. The van der Waals surface area contributed by atoms with Gasteiger partial charge in [0.15, 0.2) is 0 Å². The van der Waals surface area contributed by atoms with E-state index in [1.54, 1.807) is 13.2 Å². The van der Waals surface area contributed by atoms with Crippen molar-refractivity contribution >= 4 is 56.7 Å². The predicted octanol–water partition coefficient (Wildman–Crippen LogP) is 5.03. The summed E-state index contributed by atoms with van der Waals surface area (Å²) in [7, 11) is 1.71. The van der Waals surface area contributed by atoms with Gasteiger partial charge in [0, 0.05) is 13.1 Å². The zero-order valence-electron chi connectivity index (χ0n) is 9.55. The van der Waals surface area contributed by atoms with E-state index >= 15 is 0 Å². The largest absolute Gasteiger partial charge is 0.436 e. The van der Waals surface area contributed by atoms with E-state index in [-0.39, 0.29) is 0 Å². The van der Waals surface area contributed by atoms with E-state index in [2.05, 4.69) is 31.2 Å². The fourth-order valence-electron chi connectivity index (χ4n) is 1.23. The Morgan fingerprint density at radius 3 is 2.53 bits per heavy atom. The van der Waals surface area contributed by atoms with E-state index in [0.717, 1.165) is 0 Å². The lowest BCUT2D eigenvalue weighted by molar-refractivity contribution is 0.459. The van der Waals surface area contributed by atoms with Gasteiger partial charge in [-0.25, -0.2) is 4.98 Å². The molecule has 2 aromatic rings. The Kier molecular flexibility index (Phi) is 4.73. The molecule has 8 heteroatoms. The van der Waals surface area contributed by atoms with Crippen LogP contribution in [0, 0.1) is 0 Å². The highest BCUT2D eigenvalue weighted by Crippen LogP contribution is 2.37. The van der Waals surface area contributed by atoms with Gasteiger partial charge in [-0.3, -0.25) is 0 Å². The maximum absolute atomic E-state index is 6.03. The van der Waals surface area contributed by atoms with Crippen molar-refractivity contribution in [1.29, 1.82) is 0 Å². The molecule has 0 amide bonds. The lowest BCUT2D eigenvalue weighted by Crippen LogP contribution is -1.98. The zero-order valence-corrected chi connectivity index (χ0v) is 13.4. The number of hydrogen-bond donors (Lipinski definition) is 1. The standard InChI is InChI=1S/C11H7BrCl3N3O/c1-16-11-17-4-5(12)10(18-11)19-9-3-7(14)6(13)2-8(9)15/h2-4H,1H3,(H,16,17,18). The molecule has 1 heterocycles. The van der Waals surface area contributed by atoms with Gasteiger partial charge in [0.05, 0.1) is 25.7 Å². The lowest BCUT2D eigenvalue weighted by Gasteiger charge is -2.10. The maximum atomic E-state index is 6.03. The van der Waals surface area contributed by atoms with Crippen molar-refractivity contribution in [2.75, 3.05) is 12.4 Å². The molecular formula is C11H7BrCl3N3O. The number of ether oxygens (including phenoxy) is 1. The summed E-state index contributed by atoms with van der Waals surface area (Å²) >= 11 is 21.1. The molecule has 1 aromatic heterocycles. The molecular weight excluding hydrogens is 376 g/mol. The van der Waals surface area contributed by atoms with Crippen molar-refractivity contribution < 1.29 is 4.74 Å². The van der Waals surface area contributed by atoms with Gasteiger partial charge in [0.1, 0.15) is 5.75 Å². The molecule has 0 saturated heterocycles. The van der Waals surface area contributed by atoms with Crippen LogP contribution in [0.1, 0.15) is 0 Å². The number of anilines is 1. The van der Waals surface area contributed by atoms with Crippen molar-refractivity contribution in [2.24, 2.45) is 0 Å². The predicted molar refractivity (Wildman–Crippen MR) is 80.8 cm³/mol. The molecule has 0 aliphatic rings. The molecule has 0 saturated carbocycles. The Morgan fingerprint density at radius 2 is 1.84 bits per heavy atom. The van der Waals surface area contributed by atoms with Crippen LogP contribution in [-0.2, 0) is 0 Å². The fourth-order valence-corrected chi connectivity index (χ4v) is 2.08. The highest BCUT2D eigenvalue weighted by Gasteiger charge is 2.12. The van der Waals surface area contributed by atoms with E-state index in [9.17, 15) is 0 Å². The Bertz CT molecular complexity index is 624. The molecule has 1 N–H and O–H groups in total. The minimum absolute atomic E-state index is 0.319. The summed E-state index contributed by atoms with van der Waals surface area (Å²) in [6.45, 7) is 0. The minimum Gasteiger partial charge on any atom is -0.436 e. The van der Waals surface area contributed by atoms with Crippen molar-refractivity contribution in [3.8, 4) is 11.6 Å². The van der Waals surface area contributed by atoms with Crippen LogP contribution in [0.15, 0.2) is 22.8 Å². The molecule has 100 valence electrons. The van der Waals surface area contributed by atoms with Gasteiger partial charge in [-0.1, -0.05) is 34.8 Å². The maximum Gasteiger partial charge on any atom is 0.238 e. The van der Waals surface area contributed by atoms with Gasteiger partial charge >= 0.3 is 0 Å². The molecule has 0 unspecified atom stereocenters. The Balaban J connectivity index is 2.38. The van der Waals surface area contributed by atoms with Crippen molar-refractivity contribution in [3.63, 3.8) is 0 Å². The Morgan fingerprint density at radius 1 is 1.16 bits per heavy atom. The topological polar surface area (TPSA) is 47.0 Å². The third-order valence-corrected chi connectivity index (χ3v) is 3.68. The summed E-state index contributed by atoms with van der Waals surface area (Å²) in [6, 6.07) is 3.04. The van der Waals surface area contributed by atoms with Crippen LogP contribution in [0.3, 0.4) is 0 Å². The lowest BCUT2D eigenvalue weighted by atomic mass is 10.3. The van der Waals surface area contributed by atoms with Crippen molar-refractivity contribution in [2.45, 2.75) is 0 Å². The third kappa shape index (κ3) is 3.42. The number of rotatable bonds is 3. The Labute approximate surface area is 133 Å². The molecule has 0 radical (unpaired) electrons. The van der Waals surface area contributed by atoms with Crippen LogP contribution in [-0.4, -0.2) is 17.0 Å². The van der Waals surface area contributed by atoms with Crippen molar-refractivity contribution in [1.82, 2.24) is 9.97 Å². The molecule has 0 atom stereocenters. The third-order valence-electron chi connectivity index (χ3n) is 2.12. The normalized spacial score (nSPS) is 10.4. The van der Waals surface area contributed by atoms with Crippen LogP contribution in [0.2, 0.25) is 15.1 Å². The van der Waals surface area contributed by atoms with Crippen LogP contribution in [0.25, 0.3) is 0 Å². The average molecular weight is 383 g/mol. The summed E-state index contributed by atoms with van der Waals surface area (Å²) in [5.74, 6) is 1.10. The Hall–Kier alpha value is -0.750. The highest BCUT2D eigenvalue weighted by molar-refractivity contribution is 9.10. The first-order valence-corrected chi connectivity index (χ1v) is 6.96. The second-order valence-corrected chi connectivity index (χ2v) is 5.47. The number of hydrogen-bond acceptors (Lipinski definition) is 4. The summed E-state index contributed by atoms with van der Waals surface area (Å²) in [6.07, 6.45) is 1.57. The van der Waals surface area contributed by atoms with E-state index < -0.39 is 0 Å². The van der Waals surface area contributed by atoms with E-state index in [1.807, 2.05) is 0 Å². The van der Waals surface area contributed by atoms with E-state index in [0.29, 0.717) is 37.1 Å². The second-order valence-electron chi connectivity index (χ2n) is 3.40. The van der Waals surface area contributed by atoms with E-state index in [4.69, 9.17) is 39.5 Å². The van der Waals surface area contributed by atoms with Gasteiger partial charge in [0.2, 0.25) is 11.8 Å². The average Bonchev–Trinajstić information content (AvgIpc) is 2.38. The molecule has 0 bridgehead atoms. The van der Waals surface area contributed by atoms with Crippen LogP contribution < -0.4 is 10.1 Å². The minimum atomic E-state index is 0.319. The molecule has 19 heavy (non-hydrogen) atoms. The number of aromatic nitrogens is 2. The summed E-state index contributed by atoms with van der Waals surface area (Å²) in [5.41, 5.74) is 0. The molecule has 0 spiro atoms. The SMILES string of the molecule is CNc1ncc(Br)c(Oc2cc(Cl)c(Cl)cc2Cl)n1. The number of halogens is 4. The summed E-state index contributed by atoms with van der Waals surface area (Å²) in [4.78, 5) is 8.18. The first kappa shape index (κ1) is 14.7. The number of nitrogens with zero attached hydrogens (tertiary/aromatic N) is 2. The molecule has 0 aliphatic heterocycles. The van der Waals surface area contributed by atoms with Crippen molar-refractivity contribution in [3.05, 3.63) is 37.9 Å². The quantitative estimate of drug-likeness (QED) is 0.755. The number of nitrogens with one attached hydrogen (secondary N) is 1. The zero-order chi connectivity index (χ0) is 14.0. The van der Waals surface area contributed by atoms with Gasteiger partial charge in [-0.2, -0.15) is 4.98 Å². The van der Waals surface area contributed by atoms with E-state index in [1.165, 1.54) is 12.1 Å². The monoisotopic (exact) mass is 381 g/mol. The van der Waals surface area contributed by atoms with Gasteiger partial charge < -0.3 is 10.1 Å². The highest BCUT2D eigenvalue weighted by atomic mass is 79.9. The first-order chi connectivity index (χ1) is 9.01. The molecule has 2 rings (SSSR count).